The van der Waals surface area contributed by atoms with Gasteiger partial charge in [0.05, 0.1) is 7.11 Å². The van der Waals surface area contributed by atoms with Crippen LogP contribution in [0.2, 0.25) is 0 Å². The maximum atomic E-state index is 9.87. The van der Waals surface area contributed by atoms with Gasteiger partial charge in [0.25, 0.3) is 0 Å². The molecule has 0 spiro atoms. The zero-order chi connectivity index (χ0) is 12.8. The Bertz CT molecular complexity index is 355. The Morgan fingerprint density at radius 3 is 2.76 bits per heavy atom. The van der Waals surface area contributed by atoms with Gasteiger partial charge in [-0.2, -0.15) is 0 Å². The highest BCUT2D eigenvalue weighted by Gasteiger charge is 2.15. The largest absolute Gasteiger partial charge is 0.508 e. The first-order valence-electron chi connectivity index (χ1n) is 5.87. The number of benzene rings is 1. The van der Waals surface area contributed by atoms with Crippen molar-refractivity contribution in [3.8, 4) is 11.5 Å². The number of rotatable bonds is 6. The molecule has 17 heavy (non-hydrogen) atoms. The summed E-state index contributed by atoms with van der Waals surface area (Å²) in [6, 6.07) is 5.43. The lowest BCUT2D eigenvalue weighted by atomic mass is 10.1. The first-order valence-corrected chi connectivity index (χ1v) is 5.87. The molecule has 0 radical (unpaired) electrons. The summed E-state index contributed by atoms with van der Waals surface area (Å²) in [5, 5.41) is 9.87. The smallest absolute Gasteiger partial charge is 0.120 e. The van der Waals surface area contributed by atoms with E-state index in [2.05, 4.69) is 11.8 Å². The van der Waals surface area contributed by atoms with Gasteiger partial charge in [-0.25, -0.2) is 0 Å². The number of hydrogen-bond acceptors (Lipinski definition) is 4. The van der Waals surface area contributed by atoms with Crippen molar-refractivity contribution in [2.24, 2.45) is 5.73 Å². The first-order chi connectivity index (χ1) is 8.10. The molecule has 0 saturated carbocycles. The van der Waals surface area contributed by atoms with Crippen molar-refractivity contribution >= 4 is 0 Å². The Balaban J connectivity index is 2.82. The minimum Gasteiger partial charge on any atom is -0.508 e. The van der Waals surface area contributed by atoms with Crippen molar-refractivity contribution in [3.63, 3.8) is 0 Å². The second-order valence-corrected chi connectivity index (χ2v) is 4.22. The highest BCUT2D eigenvalue weighted by atomic mass is 16.5. The van der Waals surface area contributed by atoms with Crippen molar-refractivity contribution < 1.29 is 9.84 Å². The standard InChI is InChI=1S/C13H22N2O2/c1-10(15(2)8-4-7-14)12-9-11(17-3)5-6-13(12)16/h5-6,9-10,16H,4,7-8,14H2,1-3H3. The van der Waals surface area contributed by atoms with Gasteiger partial charge in [0.2, 0.25) is 0 Å². The summed E-state index contributed by atoms with van der Waals surface area (Å²) in [4.78, 5) is 2.17. The molecule has 0 aliphatic carbocycles. The van der Waals surface area contributed by atoms with E-state index < -0.39 is 0 Å². The average Bonchev–Trinajstić information content (AvgIpc) is 2.35. The molecular weight excluding hydrogens is 216 g/mol. The lowest BCUT2D eigenvalue weighted by molar-refractivity contribution is 0.254. The van der Waals surface area contributed by atoms with Crippen LogP contribution in [0.25, 0.3) is 0 Å². The SMILES string of the molecule is COc1ccc(O)c(C(C)N(C)CCCN)c1. The van der Waals surface area contributed by atoms with Crippen LogP contribution in [0.15, 0.2) is 18.2 Å². The van der Waals surface area contributed by atoms with Gasteiger partial charge in [-0.3, -0.25) is 4.90 Å². The fourth-order valence-electron chi connectivity index (χ4n) is 1.77. The second-order valence-electron chi connectivity index (χ2n) is 4.22. The normalized spacial score (nSPS) is 12.8. The number of nitrogens with two attached hydrogens (primary N) is 1. The van der Waals surface area contributed by atoms with Crippen molar-refractivity contribution in [3.05, 3.63) is 23.8 Å². The lowest BCUT2D eigenvalue weighted by Gasteiger charge is -2.25. The quantitative estimate of drug-likeness (QED) is 0.792. The van der Waals surface area contributed by atoms with Crippen molar-refractivity contribution in [2.45, 2.75) is 19.4 Å². The van der Waals surface area contributed by atoms with E-state index in [0.717, 1.165) is 24.3 Å². The molecule has 1 aromatic carbocycles. The van der Waals surface area contributed by atoms with Gasteiger partial charge in [-0.1, -0.05) is 0 Å². The number of ether oxygens (including phenoxy) is 1. The second kappa shape index (κ2) is 6.47. The summed E-state index contributed by atoms with van der Waals surface area (Å²) in [5.74, 6) is 1.06. The molecule has 1 aromatic rings. The molecule has 0 aliphatic rings. The van der Waals surface area contributed by atoms with Gasteiger partial charge < -0.3 is 15.6 Å². The molecule has 96 valence electrons. The number of nitrogens with zero attached hydrogens (tertiary/aromatic N) is 1. The predicted molar refractivity (Wildman–Crippen MR) is 69.4 cm³/mol. The maximum Gasteiger partial charge on any atom is 0.120 e. The Hall–Kier alpha value is -1.26. The number of hydrogen-bond donors (Lipinski definition) is 2. The van der Waals surface area contributed by atoms with Gasteiger partial charge in [0, 0.05) is 11.6 Å². The van der Waals surface area contributed by atoms with Gasteiger partial charge in [-0.15, -0.1) is 0 Å². The van der Waals surface area contributed by atoms with E-state index in [4.69, 9.17) is 10.5 Å². The molecule has 0 amide bonds. The van der Waals surface area contributed by atoms with Crippen LogP contribution in [0.4, 0.5) is 0 Å². The summed E-state index contributed by atoms with van der Waals surface area (Å²) in [6.07, 6.45) is 0.950. The van der Waals surface area contributed by atoms with Crippen molar-refractivity contribution in [1.29, 1.82) is 0 Å². The molecule has 4 nitrogen and oxygen atoms in total. The number of aromatic hydroxyl groups is 1. The number of methoxy groups -OCH3 is 1. The average molecular weight is 238 g/mol. The molecule has 0 fully saturated rings. The van der Waals surface area contributed by atoms with E-state index in [9.17, 15) is 5.11 Å². The summed E-state index contributed by atoms with van der Waals surface area (Å²) >= 11 is 0. The van der Waals surface area contributed by atoms with Gasteiger partial charge in [-0.05, 0) is 51.7 Å². The molecule has 0 aromatic heterocycles. The molecule has 0 bridgehead atoms. The molecule has 1 atom stereocenters. The van der Waals surface area contributed by atoms with Gasteiger partial charge in [0.1, 0.15) is 11.5 Å². The number of phenolic OH excluding ortho intramolecular Hbond substituents is 1. The molecule has 3 N–H and O–H groups in total. The van der Waals surface area contributed by atoms with Crippen LogP contribution in [0.1, 0.15) is 24.9 Å². The third kappa shape index (κ3) is 3.61. The monoisotopic (exact) mass is 238 g/mol. The van der Waals surface area contributed by atoms with Crippen LogP contribution in [-0.2, 0) is 0 Å². The molecule has 0 saturated heterocycles. The Morgan fingerprint density at radius 2 is 2.18 bits per heavy atom. The van der Waals surface area contributed by atoms with Crippen LogP contribution >= 0.6 is 0 Å². The van der Waals surface area contributed by atoms with E-state index in [1.165, 1.54) is 0 Å². The van der Waals surface area contributed by atoms with Crippen molar-refractivity contribution in [2.75, 3.05) is 27.2 Å². The minimum atomic E-state index is 0.136. The molecule has 1 rings (SSSR count). The summed E-state index contributed by atoms with van der Waals surface area (Å²) in [6.45, 7) is 3.65. The van der Waals surface area contributed by atoms with E-state index in [0.29, 0.717) is 12.3 Å². The topological polar surface area (TPSA) is 58.7 Å². The van der Waals surface area contributed by atoms with Gasteiger partial charge in [0.15, 0.2) is 0 Å². The van der Waals surface area contributed by atoms with Crippen LogP contribution in [0, 0.1) is 0 Å². The van der Waals surface area contributed by atoms with E-state index in [-0.39, 0.29) is 6.04 Å². The first kappa shape index (κ1) is 13.8. The Morgan fingerprint density at radius 1 is 1.47 bits per heavy atom. The van der Waals surface area contributed by atoms with Crippen molar-refractivity contribution in [1.82, 2.24) is 4.90 Å². The predicted octanol–water partition coefficient (Wildman–Crippen LogP) is 1.74. The highest BCUT2D eigenvalue weighted by molar-refractivity contribution is 5.41. The zero-order valence-corrected chi connectivity index (χ0v) is 10.8. The third-order valence-electron chi connectivity index (χ3n) is 3.06. The van der Waals surface area contributed by atoms with E-state index in [1.807, 2.05) is 13.1 Å². The van der Waals surface area contributed by atoms with E-state index >= 15 is 0 Å². The third-order valence-corrected chi connectivity index (χ3v) is 3.06. The molecular formula is C13H22N2O2. The molecule has 0 aliphatic heterocycles. The van der Waals surface area contributed by atoms with Gasteiger partial charge >= 0.3 is 0 Å². The summed E-state index contributed by atoms with van der Waals surface area (Å²) in [7, 11) is 3.65. The fourth-order valence-corrected chi connectivity index (χ4v) is 1.77. The summed E-state index contributed by atoms with van der Waals surface area (Å²) in [5.41, 5.74) is 6.37. The van der Waals surface area contributed by atoms with Crippen LogP contribution in [0.5, 0.6) is 11.5 Å². The Labute approximate surface area is 103 Å². The maximum absolute atomic E-state index is 9.87. The highest BCUT2D eigenvalue weighted by Crippen LogP contribution is 2.30. The molecule has 1 unspecified atom stereocenters. The Kier molecular flexibility index (Phi) is 5.25. The van der Waals surface area contributed by atoms with Crippen LogP contribution in [-0.4, -0.2) is 37.3 Å². The summed E-state index contributed by atoms with van der Waals surface area (Å²) < 4.78 is 5.17. The van der Waals surface area contributed by atoms with E-state index in [1.54, 1.807) is 19.2 Å². The van der Waals surface area contributed by atoms with Crippen LogP contribution < -0.4 is 10.5 Å². The molecule has 4 heteroatoms. The minimum absolute atomic E-state index is 0.136. The number of phenols is 1. The van der Waals surface area contributed by atoms with Crippen LogP contribution in [0.3, 0.4) is 0 Å². The fraction of sp³-hybridized carbons (Fsp3) is 0.538. The zero-order valence-electron chi connectivity index (χ0n) is 10.8. The lowest BCUT2D eigenvalue weighted by Crippen LogP contribution is -2.25. The molecule has 0 heterocycles.